The number of nitrogens with two attached hydrogens (primary N) is 1. The summed E-state index contributed by atoms with van der Waals surface area (Å²) in [6.45, 7) is 10.3. The van der Waals surface area contributed by atoms with E-state index in [4.69, 9.17) is 10.5 Å². The number of nitrogens with zero attached hydrogens (tertiary/aromatic N) is 1. The Labute approximate surface area is 159 Å². The number of hydrogen-bond acceptors (Lipinski definition) is 3. The summed E-state index contributed by atoms with van der Waals surface area (Å²) < 4.78 is 5.59. The van der Waals surface area contributed by atoms with Gasteiger partial charge >= 0.3 is 0 Å². The van der Waals surface area contributed by atoms with Gasteiger partial charge in [-0.05, 0) is 25.9 Å². The van der Waals surface area contributed by atoms with Gasteiger partial charge in [-0.3, -0.25) is 0 Å². The summed E-state index contributed by atoms with van der Waals surface area (Å²) in [6, 6.07) is 0. The summed E-state index contributed by atoms with van der Waals surface area (Å²) in [7, 11) is 0. The minimum absolute atomic E-state index is 0.634. The monoisotopic (exact) mass is 356 g/mol. The van der Waals surface area contributed by atoms with E-state index in [0.717, 1.165) is 13.2 Å². The Balaban J connectivity index is 3.71. The van der Waals surface area contributed by atoms with E-state index in [0.29, 0.717) is 13.2 Å². The molecule has 0 amide bonds. The molecule has 0 radical (unpaired) electrons. The maximum Gasteiger partial charge on any atom is 0.0594 e. The van der Waals surface area contributed by atoms with Crippen molar-refractivity contribution in [3.8, 4) is 0 Å². The molecule has 0 fully saturated rings. The van der Waals surface area contributed by atoms with Gasteiger partial charge in [0, 0.05) is 13.1 Å². The zero-order chi connectivity index (χ0) is 18.4. The van der Waals surface area contributed by atoms with Gasteiger partial charge in [0.05, 0.1) is 13.2 Å². The third kappa shape index (κ3) is 20.0. The molecule has 0 saturated carbocycles. The zero-order valence-corrected chi connectivity index (χ0v) is 17.6. The molecule has 25 heavy (non-hydrogen) atoms. The lowest BCUT2D eigenvalue weighted by molar-refractivity contribution is 0.107. The third-order valence-electron chi connectivity index (χ3n) is 4.97. The summed E-state index contributed by atoms with van der Waals surface area (Å²) in [4.78, 5) is 2.62. The van der Waals surface area contributed by atoms with Crippen molar-refractivity contribution >= 4 is 0 Å². The van der Waals surface area contributed by atoms with Crippen molar-refractivity contribution < 1.29 is 4.74 Å². The van der Waals surface area contributed by atoms with E-state index in [1.807, 2.05) is 0 Å². The topological polar surface area (TPSA) is 38.5 Å². The molecule has 0 bridgehead atoms. The molecule has 3 nitrogen and oxygen atoms in total. The van der Waals surface area contributed by atoms with Crippen LogP contribution in [0.5, 0.6) is 0 Å². The van der Waals surface area contributed by atoms with Gasteiger partial charge in [-0.2, -0.15) is 0 Å². The second kappa shape index (κ2) is 21.9. The Kier molecular flexibility index (Phi) is 21.8. The van der Waals surface area contributed by atoms with E-state index in [1.54, 1.807) is 0 Å². The molecular weight excluding hydrogens is 308 g/mol. The molecule has 0 rings (SSSR count). The van der Waals surface area contributed by atoms with E-state index in [2.05, 4.69) is 18.7 Å². The predicted octanol–water partition coefficient (Wildman–Crippen LogP) is 5.76. The highest BCUT2D eigenvalue weighted by atomic mass is 16.5. The molecule has 0 aliphatic carbocycles. The van der Waals surface area contributed by atoms with Crippen LogP contribution in [0.15, 0.2) is 0 Å². The Bertz CT molecular complexity index is 218. The van der Waals surface area contributed by atoms with Gasteiger partial charge in [0.25, 0.3) is 0 Å². The van der Waals surface area contributed by atoms with Gasteiger partial charge in [0.1, 0.15) is 0 Å². The van der Waals surface area contributed by atoms with Crippen LogP contribution in [0, 0.1) is 0 Å². The minimum Gasteiger partial charge on any atom is -0.379 e. The second-order valence-corrected chi connectivity index (χ2v) is 7.49. The molecule has 0 aromatic heterocycles. The van der Waals surface area contributed by atoms with Crippen molar-refractivity contribution in [2.45, 2.75) is 104 Å². The fourth-order valence-corrected chi connectivity index (χ4v) is 3.30. The molecule has 0 aliphatic heterocycles. The molecule has 0 aliphatic rings. The molecule has 0 atom stereocenters. The molecule has 152 valence electrons. The Morgan fingerprint density at radius 3 is 1.44 bits per heavy atom. The van der Waals surface area contributed by atoms with Crippen LogP contribution >= 0.6 is 0 Å². The highest BCUT2D eigenvalue weighted by molar-refractivity contribution is 4.59. The molecule has 0 spiro atoms. The first-order valence-electron chi connectivity index (χ1n) is 11.3. The van der Waals surface area contributed by atoms with Crippen LogP contribution in [0.1, 0.15) is 104 Å². The Morgan fingerprint density at radius 2 is 1.00 bits per heavy atom. The van der Waals surface area contributed by atoms with Crippen LogP contribution in [-0.2, 0) is 4.74 Å². The van der Waals surface area contributed by atoms with Crippen molar-refractivity contribution in [2.75, 3.05) is 39.4 Å². The molecule has 0 aromatic carbocycles. The van der Waals surface area contributed by atoms with Crippen LogP contribution < -0.4 is 5.73 Å². The van der Waals surface area contributed by atoms with Gasteiger partial charge in [-0.25, -0.2) is 0 Å². The summed E-state index contributed by atoms with van der Waals surface area (Å²) >= 11 is 0. The van der Waals surface area contributed by atoms with E-state index in [1.165, 1.54) is 103 Å². The predicted molar refractivity (Wildman–Crippen MR) is 112 cm³/mol. The molecule has 3 heteroatoms. The summed E-state index contributed by atoms with van der Waals surface area (Å²) in [6.07, 6.45) is 19.5. The van der Waals surface area contributed by atoms with Gasteiger partial charge in [-0.1, -0.05) is 90.9 Å². The van der Waals surface area contributed by atoms with Gasteiger partial charge in [-0.15, -0.1) is 0 Å². The number of hydrogen-bond donors (Lipinski definition) is 1. The van der Waals surface area contributed by atoms with E-state index in [9.17, 15) is 0 Å². The highest BCUT2D eigenvalue weighted by Crippen LogP contribution is 2.10. The minimum atomic E-state index is 0.634. The lowest BCUT2D eigenvalue weighted by atomic mass is 10.1. The molecule has 0 saturated heterocycles. The maximum absolute atomic E-state index is 5.59. The Hall–Kier alpha value is -0.120. The molecule has 0 aromatic rings. The van der Waals surface area contributed by atoms with Gasteiger partial charge in [0.15, 0.2) is 0 Å². The maximum atomic E-state index is 5.59. The van der Waals surface area contributed by atoms with Crippen molar-refractivity contribution in [2.24, 2.45) is 5.73 Å². The van der Waals surface area contributed by atoms with Crippen molar-refractivity contribution in [3.63, 3.8) is 0 Å². The van der Waals surface area contributed by atoms with Gasteiger partial charge < -0.3 is 15.4 Å². The fraction of sp³-hybridized carbons (Fsp3) is 1.00. The van der Waals surface area contributed by atoms with Crippen LogP contribution in [0.4, 0.5) is 0 Å². The molecule has 0 heterocycles. The summed E-state index contributed by atoms with van der Waals surface area (Å²) in [5.41, 5.74) is 5.50. The number of unbranched alkanes of at least 4 members (excludes halogenated alkanes) is 12. The lowest BCUT2D eigenvalue weighted by Gasteiger charge is -2.22. The van der Waals surface area contributed by atoms with Crippen LogP contribution in [0.3, 0.4) is 0 Å². The smallest absolute Gasteiger partial charge is 0.0594 e. The van der Waals surface area contributed by atoms with Crippen LogP contribution in [0.2, 0.25) is 0 Å². The van der Waals surface area contributed by atoms with E-state index in [-0.39, 0.29) is 0 Å². The van der Waals surface area contributed by atoms with E-state index < -0.39 is 0 Å². The average molecular weight is 357 g/mol. The SMILES string of the molecule is CCCCCCCCCN(CCCCCCCCC)CCOCCN. The van der Waals surface area contributed by atoms with Gasteiger partial charge in [0.2, 0.25) is 0 Å². The lowest BCUT2D eigenvalue weighted by Crippen LogP contribution is -2.30. The van der Waals surface area contributed by atoms with Crippen molar-refractivity contribution in [3.05, 3.63) is 0 Å². The quantitative estimate of drug-likeness (QED) is 0.265. The first-order chi connectivity index (χ1) is 12.3. The Morgan fingerprint density at radius 1 is 0.560 bits per heavy atom. The highest BCUT2D eigenvalue weighted by Gasteiger charge is 2.05. The first kappa shape index (κ1) is 24.9. The van der Waals surface area contributed by atoms with Crippen molar-refractivity contribution in [1.29, 1.82) is 0 Å². The summed E-state index contributed by atoms with van der Waals surface area (Å²) in [5.74, 6) is 0. The number of rotatable bonds is 21. The standard InChI is InChI=1S/C22H48N2O/c1-3-5-7-9-11-13-15-18-24(20-22-25-21-17-23)19-16-14-12-10-8-6-4-2/h3-23H2,1-2H3. The third-order valence-corrected chi connectivity index (χ3v) is 4.97. The largest absolute Gasteiger partial charge is 0.379 e. The average Bonchev–Trinajstić information content (AvgIpc) is 2.63. The molecule has 0 unspecified atom stereocenters. The van der Waals surface area contributed by atoms with Crippen molar-refractivity contribution in [1.82, 2.24) is 4.90 Å². The first-order valence-corrected chi connectivity index (χ1v) is 11.3. The van der Waals surface area contributed by atoms with Crippen LogP contribution in [0.25, 0.3) is 0 Å². The fourth-order valence-electron chi connectivity index (χ4n) is 3.30. The number of ether oxygens (including phenoxy) is 1. The molecular formula is C22H48N2O. The second-order valence-electron chi connectivity index (χ2n) is 7.49. The van der Waals surface area contributed by atoms with Crippen LogP contribution in [-0.4, -0.2) is 44.3 Å². The normalized spacial score (nSPS) is 11.5. The summed E-state index contributed by atoms with van der Waals surface area (Å²) in [5, 5.41) is 0. The zero-order valence-electron chi connectivity index (χ0n) is 17.6. The molecule has 2 N–H and O–H groups in total. The van der Waals surface area contributed by atoms with E-state index >= 15 is 0 Å².